The van der Waals surface area contributed by atoms with Gasteiger partial charge in [0.05, 0.1) is 30.9 Å². The summed E-state index contributed by atoms with van der Waals surface area (Å²) in [6.45, 7) is 5.94. The van der Waals surface area contributed by atoms with Gasteiger partial charge in [-0.15, -0.1) is 0 Å². The summed E-state index contributed by atoms with van der Waals surface area (Å²) < 4.78 is 10.5. The highest BCUT2D eigenvalue weighted by atomic mass is 16.6. The molecule has 154 valence electrons. The largest absolute Gasteiger partial charge is 0.455 e. The molecule has 1 unspecified atom stereocenters. The maximum Gasteiger partial charge on any atom is 0.410 e. The van der Waals surface area contributed by atoms with Gasteiger partial charge in [0, 0.05) is 26.2 Å². The second kappa shape index (κ2) is 11.1. The van der Waals surface area contributed by atoms with Crippen LogP contribution in [0.4, 0.5) is 4.79 Å². The van der Waals surface area contributed by atoms with E-state index >= 15 is 0 Å². The van der Waals surface area contributed by atoms with Crippen molar-refractivity contribution < 1.29 is 23.9 Å². The smallest absolute Gasteiger partial charge is 0.410 e. The minimum absolute atomic E-state index is 0.137. The number of rotatable bonds is 7. The number of nitriles is 2. The molecule has 1 fully saturated rings. The molecule has 1 atom stereocenters. The van der Waals surface area contributed by atoms with Crippen LogP contribution in [0.5, 0.6) is 0 Å². The molecular formula is C19H28N4O5. The molecule has 2 amide bonds. The highest BCUT2D eigenvalue weighted by Gasteiger charge is 2.32. The Morgan fingerprint density at radius 2 is 1.75 bits per heavy atom. The Morgan fingerprint density at radius 1 is 1.14 bits per heavy atom. The number of carbonyl (C=O) groups is 3. The first-order chi connectivity index (χ1) is 13.2. The van der Waals surface area contributed by atoms with Gasteiger partial charge in [-0.1, -0.05) is 0 Å². The second-order valence-electron chi connectivity index (χ2n) is 7.57. The quantitative estimate of drug-likeness (QED) is 0.605. The fraction of sp³-hybridized carbons (Fsp3) is 0.737. The van der Waals surface area contributed by atoms with Crippen LogP contribution in [0.15, 0.2) is 0 Å². The summed E-state index contributed by atoms with van der Waals surface area (Å²) in [6.07, 6.45) is 1.01. The molecule has 9 nitrogen and oxygen atoms in total. The van der Waals surface area contributed by atoms with Crippen LogP contribution in [0, 0.1) is 28.6 Å². The van der Waals surface area contributed by atoms with E-state index in [4.69, 9.17) is 20.0 Å². The van der Waals surface area contributed by atoms with Gasteiger partial charge in [-0.2, -0.15) is 10.5 Å². The van der Waals surface area contributed by atoms with E-state index in [1.54, 1.807) is 20.8 Å². The third-order valence-corrected chi connectivity index (χ3v) is 4.08. The molecule has 0 aliphatic carbocycles. The van der Waals surface area contributed by atoms with Crippen LogP contribution in [0.2, 0.25) is 0 Å². The summed E-state index contributed by atoms with van der Waals surface area (Å²) in [6, 6.07) is 3.89. The van der Waals surface area contributed by atoms with Crippen LogP contribution in [0.1, 0.15) is 46.5 Å². The maximum atomic E-state index is 12.3. The van der Waals surface area contributed by atoms with Crippen molar-refractivity contribution >= 4 is 18.0 Å². The lowest BCUT2D eigenvalue weighted by Crippen LogP contribution is -2.45. The van der Waals surface area contributed by atoms with Crippen LogP contribution in [0.3, 0.4) is 0 Å². The van der Waals surface area contributed by atoms with Crippen molar-refractivity contribution in [2.75, 3.05) is 32.8 Å². The van der Waals surface area contributed by atoms with Crippen LogP contribution in [-0.2, 0) is 19.1 Å². The third kappa shape index (κ3) is 8.26. The lowest BCUT2D eigenvalue weighted by Gasteiger charge is -2.33. The monoisotopic (exact) mass is 392 g/mol. The average Bonchev–Trinajstić information content (AvgIpc) is 2.64. The van der Waals surface area contributed by atoms with E-state index < -0.39 is 36.1 Å². The zero-order valence-corrected chi connectivity index (χ0v) is 16.8. The Hall–Kier alpha value is -2.81. The van der Waals surface area contributed by atoms with Crippen LogP contribution in [-0.4, -0.2) is 66.2 Å². The Bertz CT molecular complexity index is 626. The van der Waals surface area contributed by atoms with E-state index in [2.05, 4.69) is 0 Å². The Morgan fingerprint density at radius 3 is 2.29 bits per heavy atom. The van der Waals surface area contributed by atoms with Crippen molar-refractivity contribution in [3.05, 3.63) is 0 Å². The van der Waals surface area contributed by atoms with E-state index in [-0.39, 0.29) is 32.5 Å². The minimum atomic E-state index is -0.618. The van der Waals surface area contributed by atoms with E-state index in [0.29, 0.717) is 19.4 Å². The molecule has 9 heteroatoms. The molecule has 0 aromatic rings. The van der Waals surface area contributed by atoms with Crippen molar-refractivity contribution in [1.82, 2.24) is 9.80 Å². The molecule has 1 rings (SSSR count). The van der Waals surface area contributed by atoms with Crippen molar-refractivity contribution in [3.8, 4) is 12.1 Å². The van der Waals surface area contributed by atoms with Crippen molar-refractivity contribution in [2.45, 2.75) is 52.1 Å². The van der Waals surface area contributed by atoms with Gasteiger partial charge in [-0.05, 0) is 33.6 Å². The normalized spacial score (nSPS) is 16.5. The lowest BCUT2D eigenvalue weighted by molar-refractivity contribution is -0.156. The standard InChI is InChI=1S/C19H28N4O5/c1-19(2,3)28-18(26)23-10-4-7-15(13-23)17(25)27-14-16(24)22(11-5-8-20)12-6-9-21/h15H,4-7,10-14H2,1-3H3. The van der Waals surface area contributed by atoms with Crippen molar-refractivity contribution in [3.63, 3.8) is 0 Å². The van der Waals surface area contributed by atoms with Gasteiger partial charge >= 0.3 is 12.1 Å². The number of amides is 2. The van der Waals surface area contributed by atoms with Gasteiger partial charge in [0.1, 0.15) is 5.60 Å². The Labute approximate surface area is 165 Å². The summed E-state index contributed by atoms with van der Waals surface area (Å²) in [5.74, 6) is -1.50. The SMILES string of the molecule is CC(C)(C)OC(=O)N1CCCC(C(=O)OCC(=O)N(CCC#N)CCC#N)C1. The third-order valence-electron chi connectivity index (χ3n) is 4.08. The summed E-state index contributed by atoms with van der Waals surface area (Å²) in [5, 5.41) is 17.3. The zero-order valence-electron chi connectivity index (χ0n) is 16.8. The number of hydrogen-bond acceptors (Lipinski definition) is 7. The van der Waals surface area contributed by atoms with Crippen molar-refractivity contribution in [2.24, 2.45) is 5.92 Å². The Balaban J connectivity index is 2.54. The molecule has 1 heterocycles. The second-order valence-corrected chi connectivity index (χ2v) is 7.57. The first kappa shape index (κ1) is 23.2. The molecule has 0 saturated carbocycles. The van der Waals surface area contributed by atoms with E-state index in [1.165, 1.54) is 9.80 Å². The van der Waals surface area contributed by atoms with Crippen LogP contribution >= 0.6 is 0 Å². The molecule has 1 saturated heterocycles. The number of piperidine rings is 1. The molecule has 0 bridgehead atoms. The highest BCUT2D eigenvalue weighted by Crippen LogP contribution is 2.20. The summed E-state index contributed by atoms with van der Waals surface area (Å²) >= 11 is 0. The molecule has 0 N–H and O–H groups in total. The molecule has 0 aromatic heterocycles. The van der Waals surface area contributed by atoms with Gasteiger partial charge in [0.25, 0.3) is 5.91 Å². The summed E-state index contributed by atoms with van der Waals surface area (Å²) in [7, 11) is 0. The van der Waals surface area contributed by atoms with Crippen LogP contribution in [0.25, 0.3) is 0 Å². The lowest BCUT2D eigenvalue weighted by atomic mass is 9.98. The highest BCUT2D eigenvalue weighted by molar-refractivity contribution is 5.81. The summed E-state index contributed by atoms with van der Waals surface area (Å²) in [4.78, 5) is 39.5. The molecule has 0 aromatic carbocycles. The van der Waals surface area contributed by atoms with Gasteiger partial charge < -0.3 is 19.3 Å². The molecule has 0 radical (unpaired) electrons. The van der Waals surface area contributed by atoms with Gasteiger partial charge in [-0.25, -0.2) is 4.79 Å². The van der Waals surface area contributed by atoms with Crippen molar-refractivity contribution in [1.29, 1.82) is 10.5 Å². The molecule has 1 aliphatic rings. The van der Waals surface area contributed by atoms with E-state index in [0.717, 1.165) is 0 Å². The fourth-order valence-electron chi connectivity index (χ4n) is 2.73. The predicted octanol–water partition coefficient (Wildman–Crippen LogP) is 1.83. The predicted molar refractivity (Wildman–Crippen MR) is 98.5 cm³/mol. The average molecular weight is 392 g/mol. The topological polar surface area (TPSA) is 124 Å². The maximum absolute atomic E-state index is 12.3. The number of nitrogens with zero attached hydrogens (tertiary/aromatic N) is 4. The first-order valence-electron chi connectivity index (χ1n) is 9.34. The van der Waals surface area contributed by atoms with Gasteiger partial charge in [0.2, 0.25) is 0 Å². The Kier molecular flexibility index (Phi) is 9.23. The van der Waals surface area contributed by atoms with E-state index in [1.807, 2.05) is 12.1 Å². The number of esters is 1. The van der Waals surface area contributed by atoms with Crippen LogP contribution < -0.4 is 0 Å². The van der Waals surface area contributed by atoms with Gasteiger partial charge in [-0.3, -0.25) is 9.59 Å². The number of ether oxygens (including phenoxy) is 2. The zero-order chi connectivity index (χ0) is 21.2. The number of hydrogen-bond donors (Lipinski definition) is 0. The number of likely N-dealkylation sites (tertiary alicyclic amines) is 1. The fourth-order valence-corrected chi connectivity index (χ4v) is 2.73. The molecule has 1 aliphatic heterocycles. The summed E-state index contributed by atoms with van der Waals surface area (Å²) in [5.41, 5.74) is -0.618. The van der Waals surface area contributed by atoms with E-state index in [9.17, 15) is 14.4 Å². The molecule has 28 heavy (non-hydrogen) atoms. The molecular weight excluding hydrogens is 364 g/mol. The first-order valence-corrected chi connectivity index (χ1v) is 9.34. The van der Waals surface area contributed by atoms with Gasteiger partial charge in [0.15, 0.2) is 6.61 Å². The minimum Gasteiger partial charge on any atom is -0.455 e. The number of carbonyl (C=O) groups excluding carboxylic acids is 3. The molecule has 0 spiro atoms.